The van der Waals surface area contributed by atoms with Crippen LogP contribution in [-0.2, 0) is 34.5 Å². The van der Waals surface area contributed by atoms with E-state index in [1.54, 1.807) is 0 Å². The topological polar surface area (TPSA) is 94.8 Å². The summed E-state index contributed by atoms with van der Waals surface area (Å²) in [5.41, 5.74) is 14.6. The fourth-order valence-electron chi connectivity index (χ4n) is 8.83. The van der Waals surface area contributed by atoms with Gasteiger partial charge in [0.05, 0.1) is 56.3 Å². The summed E-state index contributed by atoms with van der Waals surface area (Å²) in [6.45, 7) is 14.8. The number of aromatic nitrogens is 2. The van der Waals surface area contributed by atoms with Gasteiger partial charge in [-0.15, -0.1) is 0 Å². The highest BCUT2D eigenvalue weighted by Gasteiger charge is 2.74. The van der Waals surface area contributed by atoms with Crippen molar-refractivity contribution in [2.24, 2.45) is 0 Å². The summed E-state index contributed by atoms with van der Waals surface area (Å²) in [6, 6.07) is 0. The Morgan fingerprint density at radius 1 is 0.750 bits per heavy atom. The molecule has 10 nitrogen and oxygen atoms in total. The summed E-state index contributed by atoms with van der Waals surface area (Å²) in [6.07, 6.45) is 9.20. The van der Waals surface area contributed by atoms with Gasteiger partial charge in [-0.05, 0) is 63.8 Å². The molecule has 0 bridgehead atoms. The minimum atomic E-state index is -1.03. The third-order valence-electron chi connectivity index (χ3n) is 11.2. The van der Waals surface area contributed by atoms with Crippen LogP contribution in [0.3, 0.4) is 0 Å². The van der Waals surface area contributed by atoms with E-state index in [0.717, 1.165) is 83.9 Å². The predicted molar refractivity (Wildman–Crippen MR) is 179 cm³/mol. The highest BCUT2D eigenvalue weighted by Crippen LogP contribution is 2.53. The maximum atomic E-state index is 13.4. The van der Waals surface area contributed by atoms with Gasteiger partial charge < -0.3 is 14.2 Å². The summed E-state index contributed by atoms with van der Waals surface area (Å²) in [5.74, 6) is -2.11. The third-order valence-corrected chi connectivity index (χ3v) is 11.2. The molecule has 1 spiro atoms. The first kappa shape index (κ1) is 30.1. The van der Waals surface area contributed by atoms with Gasteiger partial charge in [-0.25, -0.2) is 0 Å². The van der Waals surface area contributed by atoms with Crippen molar-refractivity contribution in [2.45, 2.75) is 66.2 Å². The zero-order valence-electron chi connectivity index (χ0n) is 28.6. The molecule has 10 heteroatoms. The summed E-state index contributed by atoms with van der Waals surface area (Å²) in [4.78, 5) is 39.1. The Morgan fingerprint density at radius 3 is 2.00 bits per heavy atom. The summed E-state index contributed by atoms with van der Waals surface area (Å²) < 4.78 is 25.1. The molecule has 0 aliphatic carbocycles. The Hall–Kier alpha value is -5.25. The number of nitrogens with zero attached hydrogens (tertiary/aromatic N) is 4. The minimum Gasteiger partial charge on any atom is -0.469 e. The molecule has 0 aromatic carbocycles. The van der Waals surface area contributed by atoms with Crippen molar-refractivity contribution in [1.82, 2.24) is 9.13 Å². The molecule has 0 fully saturated rings. The lowest BCUT2D eigenvalue weighted by Crippen LogP contribution is -2.70. The van der Waals surface area contributed by atoms with Crippen LogP contribution in [0.1, 0.15) is 73.2 Å². The molecule has 8 heterocycles. The monoisotopic (exact) mass is 646 g/mol. The lowest BCUT2D eigenvalue weighted by Gasteiger charge is -2.39. The first-order chi connectivity index (χ1) is 23.0. The van der Waals surface area contributed by atoms with Crippen LogP contribution in [0.15, 0.2) is 45.8 Å². The highest BCUT2D eigenvalue weighted by atomic mass is 16.5. The molecule has 2 aromatic heterocycles. The zero-order chi connectivity index (χ0) is 34.1. The fourth-order valence-corrected chi connectivity index (χ4v) is 8.83. The number of hydrogen-bond donors (Lipinski definition) is 0. The summed E-state index contributed by atoms with van der Waals surface area (Å²) in [5, 5.41) is 2.15. The van der Waals surface area contributed by atoms with E-state index < -0.39 is 11.9 Å². The summed E-state index contributed by atoms with van der Waals surface area (Å²) >= 11 is 0. The molecule has 0 radical (unpaired) electrons. The highest BCUT2D eigenvalue weighted by molar-refractivity contribution is 6.22. The van der Waals surface area contributed by atoms with Gasteiger partial charge in [-0.3, -0.25) is 14.4 Å². The quantitative estimate of drug-likeness (QED) is 0.249. The number of hydrogen-bond acceptors (Lipinski definition) is 6. The van der Waals surface area contributed by atoms with Crippen molar-refractivity contribution in [3.8, 4) is 0 Å². The average molecular weight is 647 g/mol. The van der Waals surface area contributed by atoms with Crippen molar-refractivity contribution in [2.75, 3.05) is 21.3 Å². The molecule has 0 N–H and O–H groups in total. The number of allylic oxidation sites excluding steroid dienone is 4. The van der Waals surface area contributed by atoms with Crippen molar-refractivity contribution in [3.63, 3.8) is 0 Å². The second kappa shape index (κ2) is 9.88. The Kier molecular flexibility index (Phi) is 6.20. The van der Waals surface area contributed by atoms with Gasteiger partial charge >= 0.3 is 23.8 Å². The van der Waals surface area contributed by atoms with E-state index in [0.29, 0.717) is 6.42 Å². The van der Waals surface area contributed by atoms with Crippen LogP contribution >= 0.6 is 0 Å². The molecule has 0 saturated heterocycles. The van der Waals surface area contributed by atoms with E-state index in [-0.39, 0.29) is 31.2 Å². The van der Waals surface area contributed by atoms with Crippen LogP contribution < -0.4 is 10.7 Å². The second-order valence-electron chi connectivity index (χ2n) is 13.1. The average Bonchev–Trinajstić information content (AvgIpc) is 3.72. The third kappa shape index (κ3) is 3.30. The molecule has 2 aromatic rings. The number of esters is 3. The molecule has 6 aliphatic rings. The number of methoxy groups -OCH3 is 3. The van der Waals surface area contributed by atoms with Crippen LogP contribution in [0.25, 0.3) is 24.3 Å². The van der Waals surface area contributed by atoms with E-state index in [2.05, 4.69) is 70.8 Å². The largest absolute Gasteiger partial charge is 0.553 e. The van der Waals surface area contributed by atoms with Gasteiger partial charge in [0.2, 0.25) is 22.8 Å². The Balaban J connectivity index is 1.62. The molecule has 48 heavy (non-hydrogen) atoms. The lowest BCUT2D eigenvalue weighted by atomic mass is 9.89. The molecule has 6 aliphatic heterocycles. The van der Waals surface area contributed by atoms with Crippen molar-refractivity contribution in [1.29, 1.82) is 0 Å². The predicted octanol–water partition coefficient (Wildman–Crippen LogP) is 3.18. The SMILES string of the molecule is C=Cc1c(C)c2n3c1C=c1c(C)c(C)c4n1[C@]31[N+]3=C(C=4)C(C)=C(CC(=O)OC)C3=C(CC(=O)OC)C3=[N+]1C(=C2)C(C)=C3CCC(=O)OC. The van der Waals surface area contributed by atoms with Gasteiger partial charge in [-0.1, -0.05) is 21.8 Å². The van der Waals surface area contributed by atoms with Crippen molar-refractivity contribution >= 4 is 53.6 Å². The van der Waals surface area contributed by atoms with E-state index in [4.69, 9.17) is 14.2 Å². The molecule has 244 valence electrons. The number of ether oxygens (including phenoxy) is 3. The van der Waals surface area contributed by atoms with E-state index >= 15 is 0 Å². The molecule has 1 atom stereocenters. The molecule has 0 amide bonds. The first-order valence-electron chi connectivity index (χ1n) is 16.2. The molecule has 0 unspecified atom stereocenters. The number of carbonyl (C=O) groups excluding carboxylic acids is 3. The minimum absolute atomic E-state index is 0.0244. The van der Waals surface area contributed by atoms with E-state index in [9.17, 15) is 14.4 Å². The number of carbonyl (C=O) groups is 3. The molecular formula is C38H38N4O6+2. The molecule has 0 saturated carbocycles. The van der Waals surface area contributed by atoms with Gasteiger partial charge in [0.15, 0.2) is 0 Å². The second-order valence-corrected chi connectivity index (χ2v) is 13.1. The standard InChI is InChI=1S/C38H38N4O6/c1-10-23-20(4)29-16-30-21(5)24(11-12-33(43)46-7)36-26(14-35(45)48-9)37-25(13-34(44)47-8)22(6)31-15-27-18(2)19(3)28-17-32(23)40(29)38(39(27)28,41(30)36)42(31)37/h10,15-17H,1,11-14H2,2-9H3/q+2/t38-/m0/s1. The Morgan fingerprint density at radius 2 is 1.38 bits per heavy atom. The van der Waals surface area contributed by atoms with Crippen LogP contribution in [0.5, 0.6) is 0 Å². The van der Waals surface area contributed by atoms with Crippen LogP contribution in [0, 0.1) is 20.8 Å². The van der Waals surface area contributed by atoms with Crippen LogP contribution in [0.2, 0.25) is 0 Å². The molecule has 8 rings (SSSR count). The number of rotatable bonds is 8. The Labute approximate surface area is 277 Å². The van der Waals surface area contributed by atoms with Crippen molar-refractivity contribution < 1.29 is 37.7 Å². The maximum Gasteiger partial charge on any atom is 0.553 e. The van der Waals surface area contributed by atoms with Crippen LogP contribution in [0.4, 0.5) is 0 Å². The fraction of sp³-hybridized carbons (Fsp3) is 0.342. The van der Waals surface area contributed by atoms with Gasteiger partial charge in [0.25, 0.3) is 0 Å². The Bertz CT molecular complexity index is 2360. The summed E-state index contributed by atoms with van der Waals surface area (Å²) in [7, 11) is 4.18. The zero-order valence-corrected chi connectivity index (χ0v) is 28.6. The van der Waals surface area contributed by atoms with Crippen molar-refractivity contribution in [3.05, 3.63) is 90.2 Å². The maximum absolute atomic E-state index is 13.4. The lowest BCUT2D eigenvalue weighted by molar-refractivity contribution is -0.837. The van der Waals surface area contributed by atoms with Crippen LogP contribution in [-0.4, -0.2) is 68.9 Å². The smallest absolute Gasteiger partial charge is 0.469 e. The van der Waals surface area contributed by atoms with Gasteiger partial charge in [-0.2, -0.15) is 9.13 Å². The van der Waals surface area contributed by atoms with E-state index in [1.807, 2.05) is 13.0 Å². The first-order valence-corrected chi connectivity index (χ1v) is 16.2. The molecular weight excluding hydrogens is 608 g/mol. The normalized spacial score (nSPS) is 20.5. The van der Waals surface area contributed by atoms with E-state index in [1.165, 1.54) is 32.5 Å². The van der Waals surface area contributed by atoms with Gasteiger partial charge in [0.1, 0.15) is 5.57 Å². The van der Waals surface area contributed by atoms with Gasteiger partial charge in [0, 0.05) is 46.4 Å².